The molecule has 38 heavy (non-hydrogen) atoms. The highest BCUT2D eigenvalue weighted by atomic mass is 19.4. The van der Waals surface area contributed by atoms with Gasteiger partial charge >= 0.3 is 12.4 Å². The van der Waals surface area contributed by atoms with Crippen molar-refractivity contribution in [3.8, 4) is 5.88 Å². The van der Waals surface area contributed by atoms with E-state index in [4.69, 9.17) is 4.74 Å². The average molecular weight is 544 g/mol. The van der Waals surface area contributed by atoms with E-state index in [1.54, 1.807) is 19.9 Å². The van der Waals surface area contributed by atoms with Gasteiger partial charge in [0, 0.05) is 43.0 Å². The van der Waals surface area contributed by atoms with Gasteiger partial charge in [-0.3, -0.25) is 4.98 Å². The Hall–Kier alpha value is -3.09. The molecule has 1 aliphatic heterocycles. The highest BCUT2D eigenvalue weighted by Gasteiger charge is 2.43. The van der Waals surface area contributed by atoms with Crippen LogP contribution in [0.5, 0.6) is 5.88 Å². The zero-order valence-corrected chi connectivity index (χ0v) is 20.7. The standard InChI is InChI=1S/C25H27F6N5O2/c1-23(2,37)18-5-6-21(38-13-24(26,27)28)36-22(18)33-20(34-36)10-17-14-3-4-15(17)12-35(11-14)16-7-8-32-19(9-16)25(29,30)31/h5-9,14-15,17,37H,3-4,10-13H2,1-2H3/t14-,15+,17?. The lowest BCUT2D eigenvalue weighted by Gasteiger charge is -2.39. The molecule has 4 heterocycles. The average Bonchev–Trinajstić information content (AvgIpc) is 3.32. The molecule has 0 spiro atoms. The van der Waals surface area contributed by atoms with E-state index >= 15 is 0 Å². The van der Waals surface area contributed by atoms with Crippen LogP contribution >= 0.6 is 0 Å². The molecule has 3 atom stereocenters. The number of alkyl halides is 6. The van der Waals surface area contributed by atoms with Crippen LogP contribution in [0, 0.1) is 17.8 Å². The van der Waals surface area contributed by atoms with E-state index in [0.717, 1.165) is 18.9 Å². The molecule has 2 fully saturated rings. The minimum absolute atomic E-state index is 0.139. The molecule has 2 aliphatic rings. The molecule has 1 N–H and O–H groups in total. The summed E-state index contributed by atoms with van der Waals surface area (Å²) in [4.78, 5) is 9.98. The Kier molecular flexibility index (Phi) is 6.48. The Morgan fingerprint density at radius 3 is 2.32 bits per heavy atom. The minimum Gasteiger partial charge on any atom is -0.468 e. The van der Waals surface area contributed by atoms with Crippen LogP contribution in [0.1, 0.15) is 43.8 Å². The third kappa shape index (κ3) is 5.38. The van der Waals surface area contributed by atoms with Crippen molar-refractivity contribution in [1.82, 2.24) is 19.6 Å². The number of rotatable bonds is 6. The molecule has 1 unspecified atom stereocenters. The van der Waals surface area contributed by atoms with Crippen LogP contribution in [0.3, 0.4) is 0 Å². The third-order valence-electron chi connectivity index (χ3n) is 7.38. The van der Waals surface area contributed by atoms with Gasteiger partial charge in [-0.25, -0.2) is 4.98 Å². The van der Waals surface area contributed by atoms with Crippen molar-refractivity contribution in [2.45, 2.75) is 51.1 Å². The lowest BCUT2D eigenvalue weighted by molar-refractivity contribution is -0.154. The van der Waals surface area contributed by atoms with Crippen LogP contribution in [-0.4, -0.2) is 50.6 Å². The molecule has 0 radical (unpaired) electrons. The maximum atomic E-state index is 13.2. The van der Waals surface area contributed by atoms with E-state index in [2.05, 4.69) is 15.1 Å². The Morgan fingerprint density at radius 1 is 1.03 bits per heavy atom. The lowest BCUT2D eigenvalue weighted by atomic mass is 9.82. The van der Waals surface area contributed by atoms with E-state index < -0.39 is 30.3 Å². The van der Waals surface area contributed by atoms with E-state index in [0.29, 0.717) is 36.6 Å². The number of nitrogens with zero attached hydrogens (tertiary/aromatic N) is 5. The lowest BCUT2D eigenvalue weighted by Crippen LogP contribution is -2.43. The number of piperidine rings is 1. The number of aromatic nitrogens is 4. The predicted molar refractivity (Wildman–Crippen MR) is 125 cm³/mol. The summed E-state index contributed by atoms with van der Waals surface area (Å²) in [5.41, 5.74) is -1.16. The molecule has 1 saturated carbocycles. The van der Waals surface area contributed by atoms with Gasteiger partial charge in [-0.05, 0) is 62.6 Å². The van der Waals surface area contributed by atoms with Crippen LogP contribution in [0.2, 0.25) is 0 Å². The summed E-state index contributed by atoms with van der Waals surface area (Å²) in [5, 5.41) is 15.0. The summed E-state index contributed by atoms with van der Waals surface area (Å²) in [7, 11) is 0. The first kappa shape index (κ1) is 26.5. The van der Waals surface area contributed by atoms with Crippen molar-refractivity contribution in [2.75, 3.05) is 24.6 Å². The van der Waals surface area contributed by atoms with Gasteiger partial charge in [0.05, 0.1) is 5.60 Å². The molecule has 0 aromatic carbocycles. The summed E-state index contributed by atoms with van der Waals surface area (Å²) < 4.78 is 84.0. The van der Waals surface area contributed by atoms with E-state index in [9.17, 15) is 31.4 Å². The van der Waals surface area contributed by atoms with Crippen molar-refractivity contribution < 1.29 is 36.2 Å². The van der Waals surface area contributed by atoms with E-state index in [1.165, 1.54) is 22.8 Å². The summed E-state index contributed by atoms with van der Waals surface area (Å²) in [6.07, 6.45) is -5.61. The maximum absolute atomic E-state index is 13.2. The number of halogens is 6. The highest BCUT2D eigenvalue weighted by Crippen LogP contribution is 2.45. The molecule has 0 amide bonds. The van der Waals surface area contributed by atoms with Crippen LogP contribution in [-0.2, 0) is 18.2 Å². The number of hydrogen-bond donors (Lipinski definition) is 1. The van der Waals surface area contributed by atoms with Crippen molar-refractivity contribution in [3.05, 3.63) is 47.5 Å². The quantitative estimate of drug-likeness (QED) is 0.441. The smallest absolute Gasteiger partial charge is 0.433 e. The number of anilines is 1. The fourth-order valence-corrected chi connectivity index (χ4v) is 5.67. The normalized spacial score (nSPS) is 22.3. The largest absolute Gasteiger partial charge is 0.468 e. The summed E-state index contributed by atoms with van der Waals surface area (Å²) in [6, 6.07) is 5.46. The first-order chi connectivity index (χ1) is 17.7. The zero-order valence-electron chi connectivity index (χ0n) is 20.7. The van der Waals surface area contributed by atoms with Gasteiger partial charge in [-0.15, -0.1) is 5.10 Å². The molecule has 206 valence electrons. The fraction of sp³-hybridized carbons (Fsp3) is 0.560. The summed E-state index contributed by atoms with van der Waals surface area (Å²) in [6.45, 7) is 2.75. The van der Waals surface area contributed by atoms with Crippen molar-refractivity contribution in [2.24, 2.45) is 17.8 Å². The third-order valence-corrected chi connectivity index (χ3v) is 7.38. The van der Waals surface area contributed by atoms with Crippen LogP contribution in [0.25, 0.3) is 5.65 Å². The van der Waals surface area contributed by atoms with Gasteiger partial charge in [0.1, 0.15) is 5.69 Å². The molecular weight excluding hydrogens is 516 g/mol. The van der Waals surface area contributed by atoms with Gasteiger partial charge in [-0.1, -0.05) is 0 Å². The molecule has 1 aliphatic carbocycles. The number of ether oxygens (including phenoxy) is 1. The number of fused-ring (bicyclic) bond motifs is 3. The first-order valence-corrected chi connectivity index (χ1v) is 12.3. The van der Waals surface area contributed by atoms with E-state index in [-0.39, 0.29) is 29.3 Å². The Labute approximate surface area is 214 Å². The van der Waals surface area contributed by atoms with Crippen LogP contribution < -0.4 is 9.64 Å². The molecule has 13 heteroatoms. The van der Waals surface area contributed by atoms with Gasteiger partial charge in [-0.2, -0.15) is 30.9 Å². The summed E-state index contributed by atoms with van der Waals surface area (Å²) >= 11 is 0. The van der Waals surface area contributed by atoms with Gasteiger partial charge in [0.15, 0.2) is 18.1 Å². The van der Waals surface area contributed by atoms with Crippen molar-refractivity contribution in [3.63, 3.8) is 0 Å². The van der Waals surface area contributed by atoms with Gasteiger partial charge in [0.2, 0.25) is 5.88 Å². The monoisotopic (exact) mass is 543 g/mol. The summed E-state index contributed by atoms with van der Waals surface area (Å²) in [5.74, 6) is 0.824. The topological polar surface area (TPSA) is 75.8 Å². The first-order valence-electron chi connectivity index (χ1n) is 12.3. The van der Waals surface area contributed by atoms with Crippen molar-refractivity contribution in [1.29, 1.82) is 0 Å². The Balaban J connectivity index is 1.38. The minimum atomic E-state index is -4.53. The molecule has 1 saturated heterocycles. The second-order valence-electron chi connectivity index (χ2n) is 10.6. The van der Waals surface area contributed by atoms with Crippen LogP contribution in [0.4, 0.5) is 32.0 Å². The predicted octanol–water partition coefficient (Wildman–Crippen LogP) is 5.02. The number of pyridine rings is 2. The van der Waals surface area contributed by atoms with Gasteiger partial charge < -0.3 is 14.7 Å². The Morgan fingerprint density at radius 2 is 1.71 bits per heavy atom. The van der Waals surface area contributed by atoms with E-state index in [1.807, 2.05) is 4.90 Å². The van der Waals surface area contributed by atoms with Gasteiger partial charge in [0.25, 0.3) is 0 Å². The molecular formula is C25H27F6N5O2. The van der Waals surface area contributed by atoms with Crippen molar-refractivity contribution >= 4 is 11.3 Å². The SMILES string of the molecule is CC(C)(O)c1ccc(OCC(F)(F)F)n2nc(CC3[C@@H]4CC[C@H]3CN(c3ccnc(C(F)(F)F)c3)C4)nc12. The second kappa shape index (κ2) is 9.28. The fourth-order valence-electron chi connectivity index (χ4n) is 5.67. The maximum Gasteiger partial charge on any atom is 0.433 e. The molecule has 2 bridgehead atoms. The molecule has 3 aromatic heterocycles. The Bertz CT molecular complexity index is 1300. The molecule has 7 nitrogen and oxygen atoms in total. The number of hydrogen-bond acceptors (Lipinski definition) is 6. The molecule has 3 aromatic rings. The second-order valence-corrected chi connectivity index (χ2v) is 10.6. The number of aliphatic hydroxyl groups is 1. The molecule has 5 rings (SSSR count). The highest BCUT2D eigenvalue weighted by molar-refractivity contribution is 5.53. The zero-order chi connectivity index (χ0) is 27.5. The van der Waals surface area contributed by atoms with Crippen LogP contribution in [0.15, 0.2) is 30.5 Å².